The number of rotatable bonds is 5. The van der Waals surface area contributed by atoms with Crippen molar-refractivity contribution in [1.29, 1.82) is 0 Å². The maximum Gasteiger partial charge on any atom is 0.183 e. The summed E-state index contributed by atoms with van der Waals surface area (Å²) >= 11 is 1.84. The van der Waals surface area contributed by atoms with Gasteiger partial charge in [-0.15, -0.1) is 11.3 Å². The minimum absolute atomic E-state index is 0.664. The number of anilines is 1. The second-order valence-corrected chi connectivity index (χ2v) is 5.40. The number of aryl methyl sites for hydroxylation is 1. The molecule has 2 rings (SSSR count). The normalized spacial score (nSPS) is 19.5. The molecule has 0 spiro atoms. The van der Waals surface area contributed by atoms with Gasteiger partial charge in [0.25, 0.3) is 0 Å². The summed E-state index contributed by atoms with van der Waals surface area (Å²) in [5, 5.41) is 8.04. The molecule has 1 aromatic heterocycles. The Hall–Kier alpha value is -0.610. The number of hydrogen-bond acceptors (Lipinski definition) is 4. The molecule has 0 bridgehead atoms. The summed E-state index contributed by atoms with van der Waals surface area (Å²) in [7, 11) is 0. The Balaban J connectivity index is 1.99. The van der Waals surface area contributed by atoms with Gasteiger partial charge in [-0.3, -0.25) is 0 Å². The average Bonchev–Trinajstić information content (AvgIpc) is 2.68. The molecule has 0 unspecified atom stereocenters. The Morgan fingerprint density at radius 3 is 3.06 bits per heavy atom. The molecule has 0 saturated heterocycles. The molecule has 1 aliphatic carbocycles. The summed E-state index contributed by atoms with van der Waals surface area (Å²) in [6.07, 6.45) is 4.69. The van der Waals surface area contributed by atoms with Crippen LogP contribution in [0.4, 0.5) is 5.13 Å². The van der Waals surface area contributed by atoms with Gasteiger partial charge in [0.15, 0.2) is 5.13 Å². The maximum atomic E-state index is 4.66. The molecule has 4 heteroatoms. The predicted octanol–water partition coefficient (Wildman–Crippen LogP) is 2.43. The van der Waals surface area contributed by atoms with Crippen LogP contribution < -0.4 is 10.6 Å². The summed E-state index contributed by atoms with van der Waals surface area (Å²) < 4.78 is 0. The van der Waals surface area contributed by atoms with Crippen LogP contribution in [0.1, 0.15) is 37.3 Å². The summed E-state index contributed by atoms with van der Waals surface area (Å²) in [5.74, 6) is 0. The first-order valence-electron chi connectivity index (χ1n) is 6.29. The van der Waals surface area contributed by atoms with E-state index < -0.39 is 0 Å². The Morgan fingerprint density at radius 1 is 1.44 bits per heavy atom. The zero-order valence-electron chi connectivity index (χ0n) is 10.2. The highest BCUT2D eigenvalue weighted by atomic mass is 32.1. The lowest BCUT2D eigenvalue weighted by Crippen LogP contribution is -2.33. The molecule has 1 aliphatic rings. The summed E-state index contributed by atoms with van der Waals surface area (Å²) in [6, 6.07) is 0.664. The highest BCUT2D eigenvalue weighted by Gasteiger charge is 2.21. The molecule has 0 radical (unpaired) electrons. The van der Waals surface area contributed by atoms with E-state index in [-0.39, 0.29) is 0 Å². The van der Waals surface area contributed by atoms with E-state index in [1.165, 1.54) is 17.0 Å². The van der Waals surface area contributed by atoms with Crippen LogP contribution in [-0.4, -0.2) is 24.1 Å². The largest absolute Gasteiger partial charge is 0.362 e. The van der Waals surface area contributed by atoms with Gasteiger partial charge in [0.2, 0.25) is 0 Å². The fourth-order valence-electron chi connectivity index (χ4n) is 2.15. The third-order valence-electron chi connectivity index (χ3n) is 2.96. The molecule has 0 amide bonds. The van der Waals surface area contributed by atoms with E-state index in [1.54, 1.807) is 0 Å². The van der Waals surface area contributed by atoms with Gasteiger partial charge in [0.1, 0.15) is 0 Å². The minimum atomic E-state index is 0.664. The number of likely N-dealkylation sites (N-methyl/N-ethyl adjacent to an activating group) is 1. The molecule has 16 heavy (non-hydrogen) atoms. The third-order valence-corrected chi connectivity index (χ3v) is 4.04. The first-order chi connectivity index (χ1) is 7.83. The average molecular weight is 239 g/mol. The third kappa shape index (κ3) is 2.74. The van der Waals surface area contributed by atoms with E-state index in [9.17, 15) is 0 Å². The first-order valence-corrected chi connectivity index (χ1v) is 7.11. The molecule has 0 saturated carbocycles. The van der Waals surface area contributed by atoms with Crippen molar-refractivity contribution in [3.63, 3.8) is 0 Å². The topological polar surface area (TPSA) is 37.0 Å². The van der Waals surface area contributed by atoms with Gasteiger partial charge >= 0.3 is 0 Å². The van der Waals surface area contributed by atoms with Crippen LogP contribution in [0.3, 0.4) is 0 Å². The van der Waals surface area contributed by atoms with Crippen molar-refractivity contribution in [2.24, 2.45) is 0 Å². The maximum absolute atomic E-state index is 4.66. The van der Waals surface area contributed by atoms with Crippen molar-refractivity contribution < 1.29 is 0 Å². The fraction of sp³-hybridized carbons (Fsp3) is 0.750. The number of thiazole rings is 1. The van der Waals surface area contributed by atoms with E-state index in [0.29, 0.717) is 6.04 Å². The van der Waals surface area contributed by atoms with E-state index >= 15 is 0 Å². The SMILES string of the molecule is CCCNc1nc2c(s1)C[C@@H](NCC)CC2. The molecule has 1 aromatic rings. The summed E-state index contributed by atoms with van der Waals surface area (Å²) in [5.41, 5.74) is 1.33. The molecular formula is C12H21N3S. The first kappa shape index (κ1) is 11.9. The fourth-order valence-corrected chi connectivity index (χ4v) is 3.26. The Morgan fingerprint density at radius 2 is 2.31 bits per heavy atom. The van der Waals surface area contributed by atoms with Crippen LogP contribution in [-0.2, 0) is 12.8 Å². The Kier molecular flexibility index (Phi) is 4.18. The van der Waals surface area contributed by atoms with Gasteiger partial charge in [0.05, 0.1) is 5.69 Å². The minimum Gasteiger partial charge on any atom is -0.362 e. The van der Waals surface area contributed by atoms with Crippen LogP contribution >= 0.6 is 11.3 Å². The quantitative estimate of drug-likeness (QED) is 0.828. The lowest BCUT2D eigenvalue weighted by Gasteiger charge is -2.21. The van der Waals surface area contributed by atoms with Crippen LogP contribution in [0, 0.1) is 0 Å². The van der Waals surface area contributed by atoms with Crippen LogP contribution in [0.5, 0.6) is 0 Å². The molecule has 90 valence electrons. The lowest BCUT2D eigenvalue weighted by atomic mass is 9.98. The van der Waals surface area contributed by atoms with Crippen LogP contribution in [0.25, 0.3) is 0 Å². The zero-order chi connectivity index (χ0) is 11.4. The van der Waals surface area contributed by atoms with Crippen LogP contribution in [0.15, 0.2) is 0 Å². The number of aromatic nitrogens is 1. The number of fused-ring (bicyclic) bond motifs is 1. The zero-order valence-corrected chi connectivity index (χ0v) is 11.0. The number of nitrogens with zero attached hydrogens (tertiary/aromatic N) is 1. The van der Waals surface area contributed by atoms with E-state index in [0.717, 1.165) is 37.5 Å². The van der Waals surface area contributed by atoms with Gasteiger partial charge in [-0.1, -0.05) is 13.8 Å². The Labute approximate surface area is 102 Å². The lowest BCUT2D eigenvalue weighted by molar-refractivity contribution is 0.471. The van der Waals surface area contributed by atoms with Gasteiger partial charge in [-0.2, -0.15) is 0 Å². The summed E-state index contributed by atoms with van der Waals surface area (Å²) in [4.78, 5) is 6.14. The Bertz CT molecular complexity index is 335. The standard InChI is InChI=1S/C12H21N3S/c1-3-7-14-12-15-10-6-5-9(13-4-2)8-11(10)16-12/h9,13H,3-8H2,1-2H3,(H,14,15)/t9-/m0/s1. The van der Waals surface area contributed by atoms with E-state index in [4.69, 9.17) is 0 Å². The number of nitrogens with one attached hydrogen (secondary N) is 2. The van der Waals surface area contributed by atoms with Crippen molar-refractivity contribution in [3.05, 3.63) is 10.6 Å². The molecule has 0 aromatic carbocycles. The highest BCUT2D eigenvalue weighted by Crippen LogP contribution is 2.29. The predicted molar refractivity (Wildman–Crippen MR) is 70.4 cm³/mol. The highest BCUT2D eigenvalue weighted by molar-refractivity contribution is 7.15. The van der Waals surface area contributed by atoms with Gasteiger partial charge in [-0.25, -0.2) is 4.98 Å². The molecular weight excluding hydrogens is 218 g/mol. The van der Waals surface area contributed by atoms with Gasteiger partial charge in [-0.05, 0) is 32.2 Å². The van der Waals surface area contributed by atoms with Crippen molar-refractivity contribution >= 4 is 16.5 Å². The molecule has 3 nitrogen and oxygen atoms in total. The summed E-state index contributed by atoms with van der Waals surface area (Å²) in [6.45, 7) is 6.46. The molecule has 1 heterocycles. The molecule has 1 atom stereocenters. The number of hydrogen-bond donors (Lipinski definition) is 2. The van der Waals surface area contributed by atoms with E-state index in [1.807, 2.05) is 11.3 Å². The van der Waals surface area contributed by atoms with E-state index in [2.05, 4.69) is 29.5 Å². The molecule has 0 fully saturated rings. The van der Waals surface area contributed by atoms with Crippen molar-refractivity contribution in [2.45, 2.75) is 45.6 Å². The molecule has 0 aliphatic heterocycles. The van der Waals surface area contributed by atoms with Crippen molar-refractivity contribution in [2.75, 3.05) is 18.4 Å². The van der Waals surface area contributed by atoms with Crippen molar-refractivity contribution in [3.8, 4) is 0 Å². The van der Waals surface area contributed by atoms with Crippen LogP contribution in [0.2, 0.25) is 0 Å². The second kappa shape index (κ2) is 5.64. The monoisotopic (exact) mass is 239 g/mol. The van der Waals surface area contributed by atoms with Crippen molar-refractivity contribution in [1.82, 2.24) is 10.3 Å². The molecule has 2 N–H and O–H groups in total. The van der Waals surface area contributed by atoms with Gasteiger partial charge < -0.3 is 10.6 Å². The van der Waals surface area contributed by atoms with Gasteiger partial charge in [0, 0.05) is 17.5 Å². The smallest absolute Gasteiger partial charge is 0.183 e. The second-order valence-electron chi connectivity index (χ2n) is 4.31.